The van der Waals surface area contributed by atoms with E-state index in [0.717, 1.165) is 16.6 Å². The van der Waals surface area contributed by atoms with Crippen LogP contribution in [0.2, 0.25) is 0 Å². The highest BCUT2D eigenvalue weighted by Crippen LogP contribution is 2.26. The molecule has 7 heteroatoms. The smallest absolute Gasteiger partial charge is 0.258 e. The lowest BCUT2D eigenvalue weighted by atomic mass is 10.1. The second-order valence-electron chi connectivity index (χ2n) is 5.32. The summed E-state index contributed by atoms with van der Waals surface area (Å²) in [6, 6.07) is 10.4. The summed E-state index contributed by atoms with van der Waals surface area (Å²) in [5, 5.41) is 11.9. The monoisotopic (exact) mass is 309 g/mol. The first kappa shape index (κ1) is 13.6. The average Bonchev–Trinajstić information content (AvgIpc) is 3.15. The Balaban J connectivity index is 1.76. The molecule has 0 aliphatic heterocycles. The summed E-state index contributed by atoms with van der Waals surface area (Å²) in [5.41, 5.74) is 3.49. The van der Waals surface area contributed by atoms with Gasteiger partial charge >= 0.3 is 0 Å². The van der Waals surface area contributed by atoms with Crippen molar-refractivity contribution in [3.05, 3.63) is 47.8 Å². The highest BCUT2D eigenvalue weighted by atomic mass is 19.1. The van der Waals surface area contributed by atoms with Crippen molar-refractivity contribution >= 4 is 11.0 Å². The van der Waals surface area contributed by atoms with Gasteiger partial charge in [-0.25, -0.2) is 9.07 Å². The predicted octanol–water partition coefficient (Wildman–Crippen LogP) is 3.13. The Kier molecular flexibility index (Phi) is 2.94. The zero-order valence-electron chi connectivity index (χ0n) is 12.5. The van der Waals surface area contributed by atoms with E-state index in [1.165, 1.54) is 6.07 Å². The molecule has 4 aromatic rings. The number of fused-ring (bicyclic) bond motifs is 1. The molecule has 0 saturated carbocycles. The Morgan fingerprint density at radius 2 is 2.00 bits per heavy atom. The summed E-state index contributed by atoms with van der Waals surface area (Å²) in [4.78, 5) is 4.28. The number of aryl methyl sites for hydroxylation is 2. The van der Waals surface area contributed by atoms with Gasteiger partial charge in [-0.3, -0.25) is 0 Å². The summed E-state index contributed by atoms with van der Waals surface area (Å²) < 4.78 is 21.0. The third-order valence-corrected chi connectivity index (χ3v) is 3.65. The van der Waals surface area contributed by atoms with Crippen LogP contribution in [-0.2, 0) is 7.05 Å². The Morgan fingerprint density at radius 3 is 2.83 bits per heavy atom. The summed E-state index contributed by atoms with van der Waals surface area (Å²) >= 11 is 0. The zero-order valence-corrected chi connectivity index (χ0v) is 12.5. The number of hydrogen-bond donors (Lipinski definition) is 0. The molecule has 0 fully saturated rings. The first-order chi connectivity index (χ1) is 11.1. The van der Waals surface area contributed by atoms with Crippen LogP contribution in [0.25, 0.3) is 33.9 Å². The molecule has 0 amide bonds. The summed E-state index contributed by atoms with van der Waals surface area (Å²) in [6.45, 7) is 1.82. The van der Waals surface area contributed by atoms with Crippen LogP contribution in [0.1, 0.15) is 5.56 Å². The van der Waals surface area contributed by atoms with E-state index in [1.54, 1.807) is 16.8 Å². The summed E-state index contributed by atoms with van der Waals surface area (Å²) in [7, 11) is 1.82. The lowest BCUT2D eigenvalue weighted by Gasteiger charge is -1.98. The van der Waals surface area contributed by atoms with Crippen LogP contribution in [0, 0.1) is 12.7 Å². The largest absolute Gasteiger partial charge is 0.334 e. The molecule has 23 heavy (non-hydrogen) atoms. The van der Waals surface area contributed by atoms with Gasteiger partial charge in [0, 0.05) is 12.6 Å². The molecule has 0 spiro atoms. The van der Waals surface area contributed by atoms with Crippen molar-refractivity contribution in [3.8, 4) is 22.8 Å². The standard InChI is InChI=1S/C16H12FN5O/c1-9-3-5-11(12(17)7-9)15-18-16(23-20-15)10-4-6-14-13(8-10)19-21-22(14)2/h3-8H,1-2H3. The molecule has 2 aromatic carbocycles. The molecule has 2 heterocycles. The second kappa shape index (κ2) is 4.98. The first-order valence-corrected chi connectivity index (χ1v) is 7.02. The molecule has 0 N–H and O–H groups in total. The van der Waals surface area contributed by atoms with Gasteiger partial charge in [-0.2, -0.15) is 4.98 Å². The highest BCUT2D eigenvalue weighted by molar-refractivity contribution is 5.79. The van der Waals surface area contributed by atoms with Crippen LogP contribution in [0.3, 0.4) is 0 Å². The van der Waals surface area contributed by atoms with Gasteiger partial charge in [-0.15, -0.1) is 5.10 Å². The fourth-order valence-electron chi connectivity index (χ4n) is 2.43. The first-order valence-electron chi connectivity index (χ1n) is 7.02. The number of rotatable bonds is 2. The van der Waals surface area contributed by atoms with Gasteiger partial charge in [-0.05, 0) is 42.8 Å². The van der Waals surface area contributed by atoms with E-state index in [-0.39, 0.29) is 11.6 Å². The van der Waals surface area contributed by atoms with Crippen LogP contribution in [0.5, 0.6) is 0 Å². The van der Waals surface area contributed by atoms with Gasteiger partial charge in [0.25, 0.3) is 5.89 Å². The molecule has 0 radical (unpaired) electrons. The van der Waals surface area contributed by atoms with Crippen LogP contribution < -0.4 is 0 Å². The van der Waals surface area contributed by atoms with E-state index in [1.807, 2.05) is 32.2 Å². The average molecular weight is 309 g/mol. The normalized spacial score (nSPS) is 11.3. The number of benzene rings is 2. The summed E-state index contributed by atoms with van der Waals surface area (Å²) in [5.74, 6) is 0.158. The zero-order chi connectivity index (χ0) is 16.0. The molecule has 0 unspecified atom stereocenters. The molecule has 0 aliphatic rings. The fourth-order valence-corrected chi connectivity index (χ4v) is 2.43. The lowest BCUT2D eigenvalue weighted by Crippen LogP contribution is -1.89. The molecular formula is C16H12FN5O. The van der Waals surface area contributed by atoms with Gasteiger partial charge in [-0.1, -0.05) is 16.4 Å². The van der Waals surface area contributed by atoms with Crippen molar-refractivity contribution in [1.82, 2.24) is 25.1 Å². The predicted molar refractivity (Wildman–Crippen MR) is 81.9 cm³/mol. The van der Waals surface area contributed by atoms with Crippen molar-refractivity contribution in [3.63, 3.8) is 0 Å². The van der Waals surface area contributed by atoms with Crippen LogP contribution in [-0.4, -0.2) is 25.1 Å². The molecule has 6 nitrogen and oxygen atoms in total. The molecule has 0 atom stereocenters. The van der Waals surface area contributed by atoms with Crippen molar-refractivity contribution in [2.24, 2.45) is 7.05 Å². The topological polar surface area (TPSA) is 69.6 Å². The van der Waals surface area contributed by atoms with Gasteiger partial charge in [0.15, 0.2) is 0 Å². The Bertz CT molecular complexity index is 1020. The molecule has 0 saturated heterocycles. The van der Waals surface area contributed by atoms with E-state index < -0.39 is 0 Å². The summed E-state index contributed by atoms with van der Waals surface area (Å²) in [6.07, 6.45) is 0. The fraction of sp³-hybridized carbons (Fsp3) is 0.125. The van der Waals surface area contributed by atoms with Crippen molar-refractivity contribution in [2.45, 2.75) is 6.92 Å². The van der Waals surface area contributed by atoms with Gasteiger partial charge in [0.05, 0.1) is 11.1 Å². The SMILES string of the molecule is Cc1ccc(-c2noc(-c3ccc4c(c3)nnn4C)n2)c(F)c1. The Morgan fingerprint density at radius 1 is 1.13 bits per heavy atom. The van der Waals surface area contributed by atoms with Crippen LogP contribution in [0.4, 0.5) is 4.39 Å². The quantitative estimate of drug-likeness (QED) is 0.569. The Labute approximate surface area is 130 Å². The number of hydrogen-bond acceptors (Lipinski definition) is 5. The Hall–Kier alpha value is -3.09. The third-order valence-electron chi connectivity index (χ3n) is 3.65. The van der Waals surface area contributed by atoms with E-state index in [9.17, 15) is 4.39 Å². The maximum Gasteiger partial charge on any atom is 0.258 e. The minimum absolute atomic E-state index is 0.219. The van der Waals surface area contributed by atoms with Crippen molar-refractivity contribution in [1.29, 1.82) is 0 Å². The van der Waals surface area contributed by atoms with E-state index in [2.05, 4.69) is 20.5 Å². The highest BCUT2D eigenvalue weighted by Gasteiger charge is 2.15. The van der Waals surface area contributed by atoms with Crippen LogP contribution in [0.15, 0.2) is 40.9 Å². The molecule has 2 aromatic heterocycles. The number of aromatic nitrogens is 5. The van der Waals surface area contributed by atoms with Gasteiger partial charge in [0.2, 0.25) is 5.82 Å². The maximum atomic E-state index is 14.0. The molecule has 4 rings (SSSR count). The van der Waals surface area contributed by atoms with E-state index in [0.29, 0.717) is 17.0 Å². The molecule has 114 valence electrons. The van der Waals surface area contributed by atoms with E-state index >= 15 is 0 Å². The third kappa shape index (κ3) is 2.26. The molecule has 0 aliphatic carbocycles. The lowest BCUT2D eigenvalue weighted by molar-refractivity contribution is 0.432. The number of halogens is 1. The minimum Gasteiger partial charge on any atom is -0.334 e. The van der Waals surface area contributed by atoms with Crippen molar-refractivity contribution in [2.75, 3.05) is 0 Å². The van der Waals surface area contributed by atoms with Gasteiger partial charge in [0.1, 0.15) is 11.3 Å². The van der Waals surface area contributed by atoms with Crippen molar-refractivity contribution < 1.29 is 8.91 Å². The number of nitrogens with zero attached hydrogens (tertiary/aromatic N) is 5. The molecule has 0 bridgehead atoms. The van der Waals surface area contributed by atoms with Crippen LogP contribution >= 0.6 is 0 Å². The maximum absolute atomic E-state index is 14.0. The minimum atomic E-state index is -0.373. The van der Waals surface area contributed by atoms with Gasteiger partial charge < -0.3 is 4.52 Å². The van der Waals surface area contributed by atoms with E-state index in [4.69, 9.17) is 4.52 Å². The second-order valence-corrected chi connectivity index (χ2v) is 5.32. The molecular weight excluding hydrogens is 297 g/mol.